The third-order valence-electron chi connectivity index (χ3n) is 9.53. The summed E-state index contributed by atoms with van der Waals surface area (Å²) in [5.41, 5.74) is 3.93. The van der Waals surface area contributed by atoms with Gasteiger partial charge in [-0.05, 0) is 85.3 Å². The van der Waals surface area contributed by atoms with E-state index in [-0.39, 0.29) is 62.4 Å². The molecule has 7 rings (SSSR count). The number of fused-ring (bicyclic) bond motifs is 7. The van der Waals surface area contributed by atoms with Crippen LogP contribution in [0.2, 0.25) is 0 Å². The summed E-state index contributed by atoms with van der Waals surface area (Å²) in [5.74, 6) is 0.554. The highest BCUT2D eigenvalue weighted by Gasteiger charge is 2.41. The molecule has 0 aromatic heterocycles. The molecule has 6 bridgehead atoms. The summed E-state index contributed by atoms with van der Waals surface area (Å²) in [4.78, 5) is 56.4. The van der Waals surface area contributed by atoms with Crippen LogP contribution in [0, 0.1) is 12.8 Å². The number of aryl methyl sites for hydroxylation is 1. The number of carbonyl (C=O) groups excluding carboxylic acids is 4. The zero-order valence-electron chi connectivity index (χ0n) is 28.7. The molecule has 264 valence electrons. The van der Waals surface area contributed by atoms with Gasteiger partial charge in [-0.25, -0.2) is 0 Å². The molecule has 4 aliphatic heterocycles. The maximum atomic E-state index is 13.9. The number of benzene rings is 3. The largest absolute Gasteiger partial charge is 0.493 e. The van der Waals surface area contributed by atoms with Crippen molar-refractivity contribution in [3.8, 4) is 28.4 Å². The highest BCUT2D eigenvalue weighted by atomic mass is 16.5. The molecular weight excluding hydrogens is 640 g/mol. The van der Waals surface area contributed by atoms with Crippen molar-refractivity contribution in [3.05, 3.63) is 77.4 Å². The Kier molecular flexibility index (Phi) is 10.9. The van der Waals surface area contributed by atoms with Crippen molar-refractivity contribution in [2.24, 2.45) is 5.92 Å². The third-order valence-corrected chi connectivity index (χ3v) is 9.53. The molecule has 0 saturated carbocycles. The van der Waals surface area contributed by atoms with Crippen LogP contribution in [-0.4, -0.2) is 98.7 Å². The maximum Gasteiger partial charge on any atom is 0.258 e. The van der Waals surface area contributed by atoms with Gasteiger partial charge in [0.1, 0.15) is 18.5 Å². The van der Waals surface area contributed by atoms with Gasteiger partial charge in [-0.2, -0.15) is 0 Å². The van der Waals surface area contributed by atoms with Crippen LogP contribution in [0.5, 0.6) is 17.2 Å². The van der Waals surface area contributed by atoms with Crippen LogP contribution in [0.15, 0.2) is 60.7 Å². The van der Waals surface area contributed by atoms with Gasteiger partial charge in [-0.15, -0.1) is 0 Å². The fourth-order valence-electron chi connectivity index (χ4n) is 6.69. The summed E-state index contributed by atoms with van der Waals surface area (Å²) in [6, 6.07) is 17.8. The van der Waals surface area contributed by atoms with Gasteiger partial charge in [-0.3, -0.25) is 19.2 Å². The molecule has 3 aromatic rings. The van der Waals surface area contributed by atoms with Gasteiger partial charge >= 0.3 is 0 Å². The van der Waals surface area contributed by atoms with Crippen LogP contribution >= 0.6 is 0 Å². The summed E-state index contributed by atoms with van der Waals surface area (Å²) in [5, 5.41) is 6.05. The lowest BCUT2D eigenvalue weighted by molar-refractivity contribution is -0.142. The number of methoxy groups -OCH3 is 1. The lowest BCUT2D eigenvalue weighted by atomic mass is 9.95. The fourth-order valence-corrected chi connectivity index (χ4v) is 6.69. The summed E-state index contributed by atoms with van der Waals surface area (Å²) >= 11 is 0. The molecule has 12 nitrogen and oxygen atoms in total. The molecule has 2 N–H and O–H groups in total. The zero-order valence-corrected chi connectivity index (χ0v) is 28.7. The maximum absolute atomic E-state index is 13.9. The van der Waals surface area contributed by atoms with Gasteiger partial charge in [0.05, 0.1) is 19.7 Å². The Morgan fingerprint density at radius 1 is 0.960 bits per heavy atom. The molecular formula is C38H44N4O8. The van der Waals surface area contributed by atoms with Crippen molar-refractivity contribution in [2.75, 3.05) is 53.1 Å². The molecule has 4 aliphatic rings. The summed E-state index contributed by atoms with van der Waals surface area (Å²) in [6.45, 7) is 5.95. The number of nitrogens with zero attached hydrogens (tertiary/aromatic N) is 2. The Labute approximate surface area is 292 Å². The van der Waals surface area contributed by atoms with E-state index < -0.39 is 12.1 Å². The van der Waals surface area contributed by atoms with E-state index in [0.29, 0.717) is 55.4 Å². The van der Waals surface area contributed by atoms with Crippen molar-refractivity contribution < 1.29 is 38.1 Å². The molecule has 12 heteroatoms. The van der Waals surface area contributed by atoms with E-state index in [2.05, 4.69) is 10.6 Å². The highest BCUT2D eigenvalue weighted by Crippen LogP contribution is 2.32. The molecule has 4 amide bonds. The molecule has 50 heavy (non-hydrogen) atoms. The Balaban J connectivity index is 1.26. The van der Waals surface area contributed by atoms with Gasteiger partial charge < -0.3 is 39.4 Å². The molecule has 3 aromatic carbocycles. The minimum atomic E-state index is -0.570. The number of likely N-dealkylation sites (tertiary alicyclic amines) is 2. The van der Waals surface area contributed by atoms with Gasteiger partial charge in [0.2, 0.25) is 11.8 Å². The minimum absolute atomic E-state index is 0.0180. The van der Waals surface area contributed by atoms with Gasteiger partial charge in [0, 0.05) is 44.3 Å². The summed E-state index contributed by atoms with van der Waals surface area (Å²) in [7, 11) is 1.54. The van der Waals surface area contributed by atoms with E-state index in [1.165, 1.54) is 7.11 Å². The van der Waals surface area contributed by atoms with Crippen LogP contribution in [0.3, 0.4) is 0 Å². The van der Waals surface area contributed by atoms with Crippen LogP contribution in [-0.2, 0) is 25.7 Å². The van der Waals surface area contributed by atoms with E-state index in [1.54, 1.807) is 34.1 Å². The van der Waals surface area contributed by atoms with Crippen LogP contribution in [0.25, 0.3) is 11.1 Å². The Hall–Kier alpha value is -5.10. The first-order valence-corrected chi connectivity index (χ1v) is 17.1. The number of nitrogens with one attached hydrogen (secondary N) is 2. The second-order valence-corrected chi connectivity index (χ2v) is 12.9. The average molecular weight is 685 g/mol. The predicted octanol–water partition coefficient (Wildman–Crippen LogP) is 3.34. The topological polar surface area (TPSA) is 136 Å². The molecule has 4 heterocycles. The van der Waals surface area contributed by atoms with Crippen LogP contribution < -0.4 is 24.8 Å². The summed E-state index contributed by atoms with van der Waals surface area (Å²) < 4.78 is 23.3. The van der Waals surface area contributed by atoms with E-state index in [4.69, 9.17) is 18.9 Å². The van der Waals surface area contributed by atoms with Crippen molar-refractivity contribution >= 4 is 23.6 Å². The second-order valence-electron chi connectivity index (χ2n) is 12.9. The quantitative estimate of drug-likeness (QED) is 0.418. The van der Waals surface area contributed by atoms with Crippen LogP contribution in [0.1, 0.15) is 41.3 Å². The van der Waals surface area contributed by atoms with Crippen molar-refractivity contribution in [1.82, 2.24) is 20.4 Å². The molecule has 0 aliphatic carbocycles. The Morgan fingerprint density at radius 2 is 1.78 bits per heavy atom. The number of amides is 4. The number of hydrogen-bond donors (Lipinski definition) is 2. The summed E-state index contributed by atoms with van der Waals surface area (Å²) in [6.07, 6.45) is 0.541. The first kappa shape index (κ1) is 34.8. The van der Waals surface area contributed by atoms with Crippen molar-refractivity contribution in [3.63, 3.8) is 0 Å². The van der Waals surface area contributed by atoms with E-state index in [9.17, 15) is 19.2 Å². The third kappa shape index (κ3) is 8.02. The molecule has 0 unspecified atom stereocenters. The molecule has 2 fully saturated rings. The van der Waals surface area contributed by atoms with Crippen molar-refractivity contribution in [1.29, 1.82) is 0 Å². The van der Waals surface area contributed by atoms with Gasteiger partial charge in [0.15, 0.2) is 18.1 Å². The molecule has 0 radical (unpaired) electrons. The normalized spacial score (nSPS) is 19.8. The predicted molar refractivity (Wildman–Crippen MR) is 185 cm³/mol. The Morgan fingerprint density at radius 3 is 2.56 bits per heavy atom. The number of piperidine rings is 1. The number of rotatable bonds is 5. The van der Waals surface area contributed by atoms with E-state index in [1.807, 2.05) is 50.2 Å². The van der Waals surface area contributed by atoms with Crippen molar-refractivity contribution in [2.45, 2.75) is 45.4 Å². The minimum Gasteiger partial charge on any atom is -0.493 e. The monoisotopic (exact) mass is 684 g/mol. The number of ether oxygens (including phenoxy) is 4. The smallest absolute Gasteiger partial charge is 0.258 e. The van der Waals surface area contributed by atoms with Gasteiger partial charge in [0.25, 0.3) is 11.8 Å². The molecule has 2 atom stereocenters. The molecule has 0 spiro atoms. The average Bonchev–Trinajstić information content (AvgIpc) is 3.53. The molecule has 2 saturated heterocycles. The fraction of sp³-hybridized carbons (Fsp3) is 0.421. The van der Waals surface area contributed by atoms with E-state index in [0.717, 1.165) is 22.3 Å². The SMILES string of the molecule is CCOCC(=O)N1CCC(C(=O)N2C[C@@H]3NC(=O)c4ccc(C)c(c4)-c4cccc(c4)OCC(=O)NCc4ccc(c(OC)c4)O[C@H]3C2)CC1. The lowest BCUT2D eigenvalue weighted by Crippen LogP contribution is -2.46. The first-order valence-electron chi connectivity index (χ1n) is 17.1. The zero-order chi connectivity index (χ0) is 35.2. The van der Waals surface area contributed by atoms with E-state index >= 15 is 0 Å². The number of carbonyl (C=O) groups is 4. The van der Waals surface area contributed by atoms with Gasteiger partial charge in [-0.1, -0.05) is 24.3 Å². The first-order chi connectivity index (χ1) is 24.2. The Bertz CT molecular complexity index is 1740. The number of hydrogen-bond acceptors (Lipinski definition) is 8. The second kappa shape index (κ2) is 15.6. The lowest BCUT2D eigenvalue weighted by Gasteiger charge is -2.33. The van der Waals surface area contributed by atoms with Crippen LogP contribution in [0.4, 0.5) is 0 Å². The highest BCUT2D eigenvalue weighted by molar-refractivity contribution is 5.96. The standard InChI is InChI=1S/C38H44N4O8/c1-4-48-23-36(44)41-14-12-26(13-15-41)38(46)42-20-31-34(21-42)50-32-11-9-25(16-33(32)47-3)19-39-35(43)22-49-29-7-5-6-27(17-29)30-18-28(37(45)40-31)10-8-24(30)2/h5-11,16-18,26,31,34H,4,12-15,19-23H2,1-3H3,(H,39,43)(H,40,45)/t31-,34-/m0/s1.